The third-order valence-electron chi connectivity index (χ3n) is 3.37. The van der Waals surface area contributed by atoms with Gasteiger partial charge in [-0.25, -0.2) is 14.1 Å². The highest BCUT2D eigenvalue weighted by Gasteiger charge is 2.12. The van der Waals surface area contributed by atoms with Crippen LogP contribution in [0.5, 0.6) is 0 Å². The van der Waals surface area contributed by atoms with E-state index in [4.69, 9.17) is 11.6 Å². The van der Waals surface area contributed by atoms with Crippen LogP contribution in [0, 0.1) is 5.82 Å². The van der Waals surface area contributed by atoms with Gasteiger partial charge in [-0.05, 0) is 36.8 Å². The maximum atomic E-state index is 13.2. The fourth-order valence-electron chi connectivity index (χ4n) is 2.31. The van der Waals surface area contributed by atoms with Gasteiger partial charge in [0, 0.05) is 5.69 Å². The molecule has 2 aromatic carbocycles. The van der Waals surface area contributed by atoms with Crippen molar-refractivity contribution in [3.05, 3.63) is 71.5 Å². The molecule has 0 aliphatic carbocycles. The molecule has 1 heterocycles. The molecular formula is C16H14ClFN4. The smallest absolute Gasteiger partial charge is 0.141 e. The van der Waals surface area contributed by atoms with Crippen LogP contribution in [0.4, 0.5) is 10.1 Å². The molecule has 0 radical (unpaired) electrons. The van der Waals surface area contributed by atoms with Crippen molar-refractivity contribution < 1.29 is 4.39 Å². The second-order valence-electron chi connectivity index (χ2n) is 4.89. The first-order valence-corrected chi connectivity index (χ1v) is 7.18. The van der Waals surface area contributed by atoms with Gasteiger partial charge in [-0.3, -0.25) is 0 Å². The van der Waals surface area contributed by atoms with Gasteiger partial charge < -0.3 is 5.32 Å². The Kier molecular flexibility index (Phi) is 4.06. The van der Waals surface area contributed by atoms with Crippen molar-refractivity contribution in [2.75, 3.05) is 5.32 Å². The number of para-hydroxylation sites is 1. The molecule has 112 valence electrons. The minimum Gasteiger partial charge on any atom is -0.378 e. The number of hydrogen-bond donors (Lipinski definition) is 1. The van der Waals surface area contributed by atoms with Gasteiger partial charge in [-0.15, -0.1) is 0 Å². The fourth-order valence-corrected chi connectivity index (χ4v) is 2.49. The molecule has 3 aromatic rings. The molecule has 0 spiro atoms. The van der Waals surface area contributed by atoms with Gasteiger partial charge in [-0.2, -0.15) is 5.10 Å². The molecule has 0 saturated carbocycles. The lowest BCUT2D eigenvalue weighted by atomic mass is 10.1. The Morgan fingerprint density at radius 2 is 2.05 bits per heavy atom. The number of anilines is 1. The van der Waals surface area contributed by atoms with E-state index in [0.29, 0.717) is 0 Å². The predicted molar refractivity (Wildman–Crippen MR) is 84.8 cm³/mol. The van der Waals surface area contributed by atoms with Crippen LogP contribution in [0.2, 0.25) is 5.02 Å². The second-order valence-corrected chi connectivity index (χ2v) is 5.30. The van der Waals surface area contributed by atoms with E-state index in [1.165, 1.54) is 12.4 Å². The SMILES string of the molecule is CC(Nc1ccc(F)c(Cl)c1)c1ccccc1-n1cncn1. The molecule has 4 nitrogen and oxygen atoms in total. The maximum Gasteiger partial charge on any atom is 0.141 e. The van der Waals surface area contributed by atoms with Gasteiger partial charge in [0.15, 0.2) is 0 Å². The van der Waals surface area contributed by atoms with Gasteiger partial charge in [0.25, 0.3) is 0 Å². The Bertz CT molecular complexity index is 774. The maximum absolute atomic E-state index is 13.2. The number of halogens is 2. The Morgan fingerprint density at radius 3 is 2.77 bits per heavy atom. The van der Waals surface area contributed by atoms with Crippen LogP contribution in [-0.2, 0) is 0 Å². The molecule has 1 N–H and O–H groups in total. The van der Waals surface area contributed by atoms with Crippen LogP contribution in [-0.4, -0.2) is 14.8 Å². The Morgan fingerprint density at radius 1 is 1.23 bits per heavy atom. The van der Waals surface area contributed by atoms with Gasteiger partial charge in [0.2, 0.25) is 0 Å². The lowest BCUT2D eigenvalue weighted by molar-refractivity contribution is 0.628. The van der Waals surface area contributed by atoms with Crippen LogP contribution >= 0.6 is 11.6 Å². The van der Waals surface area contributed by atoms with Crippen LogP contribution in [0.1, 0.15) is 18.5 Å². The molecule has 3 rings (SSSR count). The summed E-state index contributed by atoms with van der Waals surface area (Å²) in [6.07, 6.45) is 3.15. The molecule has 0 bridgehead atoms. The topological polar surface area (TPSA) is 42.7 Å². The third kappa shape index (κ3) is 2.94. The van der Waals surface area contributed by atoms with Crippen molar-refractivity contribution in [2.24, 2.45) is 0 Å². The van der Waals surface area contributed by atoms with Crippen molar-refractivity contribution in [3.63, 3.8) is 0 Å². The molecule has 1 atom stereocenters. The average molecular weight is 317 g/mol. The molecule has 22 heavy (non-hydrogen) atoms. The summed E-state index contributed by atoms with van der Waals surface area (Å²) in [5.74, 6) is -0.428. The zero-order valence-electron chi connectivity index (χ0n) is 11.9. The summed E-state index contributed by atoms with van der Waals surface area (Å²) in [4.78, 5) is 3.98. The average Bonchev–Trinajstić information content (AvgIpc) is 3.05. The summed E-state index contributed by atoms with van der Waals surface area (Å²) in [5, 5.41) is 7.58. The molecular weight excluding hydrogens is 303 g/mol. The minimum absolute atomic E-state index is 0.0121. The highest BCUT2D eigenvalue weighted by atomic mass is 35.5. The van der Waals surface area contributed by atoms with Crippen molar-refractivity contribution in [1.29, 1.82) is 0 Å². The Balaban J connectivity index is 1.89. The number of nitrogens with one attached hydrogen (secondary N) is 1. The third-order valence-corrected chi connectivity index (χ3v) is 3.66. The summed E-state index contributed by atoms with van der Waals surface area (Å²) in [6.45, 7) is 2.02. The summed E-state index contributed by atoms with van der Waals surface area (Å²) in [5.41, 5.74) is 2.74. The van der Waals surface area contributed by atoms with E-state index >= 15 is 0 Å². The predicted octanol–water partition coefficient (Wildman–Crippen LogP) is 4.23. The van der Waals surface area contributed by atoms with Gasteiger partial charge in [-0.1, -0.05) is 29.8 Å². The second kappa shape index (κ2) is 6.15. The number of nitrogens with zero attached hydrogens (tertiary/aromatic N) is 3. The zero-order valence-corrected chi connectivity index (χ0v) is 12.6. The van der Waals surface area contributed by atoms with Crippen LogP contribution in [0.15, 0.2) is 55.1 Å². The lowest BCUT2D eigenvalue weighted by Crippen LogP contribution is -2.10. The van der Waals surface area contributed by atoms with Gasteiger partial charge in [0.05, 0.1) is 16.8 Å². The van der Waals surface area contributed by atoms with E-state index in [-0.39, 0.29) is 11.1 Å². The van der Waals surface area contributed by atoms with Crippen LogP contribution in [0.25, 0.3) is 5.69 Å². The highest BCUT2D eigenvalue weighted by molar-refractivity contribution is 6.31. The van der Waals surface area contributed by atoms with E-state index in [9.17, 15) is 4.39 Å². The van der Waals surface area contributed by atoms with Crippen LogP contribution in [0.3, 0.4) is 0 Å². The molecule has 0 amide bonds. The molecule has 1 aromatic heterocycles. The van der Waals surface area contributed by atoms with Gasteiger partial charge >= 0.3 is 0 Å². The zero-order chi connectivity index (χ0) is 15.5. The normalized spacial score (nSPS) is 12.1. The van der Waals surface area contributed by atoms with Crippen molar-refractivity contribution in [3.8, 4) is 5.69 Å². The van der Waals surface area contributed by atoms with E-state index in [1.807, 2.05) is 31.2 Å². The van der Waals surface area contributed by atoms with Crippen molar-refractivity contribution in [1.82, 2.24) is 14.8 Å². The molecule has 0 aliphatic heterocycles. The molecule has 1 unspecified atom stereocenters. The minimum atomic E-state index is -0.428. The van der Waals surface area contributed by atoms with Crippen LogP contribution < -0.4 is 5.32 Å². The van der Waals surface area contributed by atoms with Crippen molar-refractivity contribution in [2.45, 2.75) is 13.0 Å². The largest absolute Gasteiger partial charge is 0.378 e. The quantitative estimate of drug-likeness (QED) is 0.783. The number of hydrogen-bond acceptors (Lipinski definition) is 3. The van der Waals surface area contributed by atoms with E-state index in [1.54, 1.807) is 23.1 Å². The summed E-state index contributed by atoms with van der Waals surface area (Å²) in [6, 6.07) is 12.5. The number of aromatic nitrogens is 3. The standard InChI is InChI=1S/C16H14ClFN4/c1-11(21-12-6-7-15(18)14(17)8-12)13-4-2-3-5-16(13)22-10-19-9-20-22/h2-11,21H,1H3. The molecule has 6 heteroatoms. The van der Waals surface area contributed by atoms with E-state index in [2.05, 4.69) is 15.4 Å². The number of benzene rings is 2. The van der Waals surface area contributed by atoms with Crippen molar-refractivity contribution >= 4 is 17.3 Å². The lowest BCUT2D eigenvalue weighted by Gasteiger charge is -2.19. The fraction of sp³-hybridized carbons (Fsp3) is 0.125. The summed E-state index contributed by atoms with van der Waals surface area (Å²) >= 11 is 5.82. The monoisotopic (exact) mass is 316 g/mol. The first-order valence-electron chi connectivity index (χ1n) is 6.80. The number of rotatable bonds is 4. The summed E-state index contributed by atoms with van der Waals surface area (Å²) < 4.78 is 14.9. The molecule has 0 fully saturated rings. The first-order chi connectivity index (χ1) is 10.6. The Hall–Kier alpha value is -2.40. The summed E-state index contributed by atoms with van der Waals surface area (Å²) in [7, 11) is 0. The van der Waals surface area contributed by atoms with E-state index in [0.717, 1.165) is 16.9 Å². The first kappa shape index (κ1) is 14.5. The molecule has 0 aliphatic rings. The molecule has 0 saturated heterocycles. The highest BCUT2D eigenvalue weighted by Crippen LogP contribution is 2.26. The van der Waals surface area contributed by atoms with Gasteiger partial charge in [0.1, 0.15) is 18.5 Å². The Labute approximate surface area is 132 Å². The van der Waals surface area contributed by atoms with E-state index < -0.39 is 5.82 Å².